The summed E-state index contributed by atoms with van der Waals surface area (Å²) in [6.07, 6.45) is 0. The maximum atomic E-state index is 12.3. The number of hydrogen-bond donors (Lipinski definition) is 1. The minimum atomic E-state index is -0.115. The van der Waals surface area contributed by atoms with Crippen molar-refractivity contribution in [3.63, 3.8) is 0 Å². The molecule has 4 rings (SSSR count). The number of nitrogens with zero attached hydrogens (tertiary/aromatic N) is 4. The zero-order valence-electron chi connectivity index (χ0n) is 13.1. The Morgan fingerprint density at radius 1 is 1.28 bits per heavy atom. The highest BCUT2D eigenvalue weighted by molar-refractivity contribution is 7.99. The Hall–Kier alpha value is -2.16. The van der Waals surface area contributed by atoms with Gasteiger partial charge in [0.25, 0.3) is 0 Å². The topological polar surface area (TPSA) is 72.7 Å². The van der Waals surface area contributed by atoms with Crippen molar-refractivity contribution in [2.24, 2.45) is 7.05 Å². The first-order chi connectivity index (χ1) is 12.1. The van der Waals surface area contributed by atoms with Crippen LogP contribution in [0.15, 0.2) is 41.6 Å². The van der Waals surface area contributed by atoms with Gasteiger partial charge in [-0.25, -0.2) is 4.98 Å². The Kier molecular flexibility index (Phi) is 4.32. The molecule has 0 spiro atoms. The van der Waals surface area contributed by atoms with Gasteiger partial charge in [-0.2, -0.15) is 8.75 Å². The molecular formula is C16H12ClN5OS2. The van der Waals surface area contributed by atoms with Crippen molar-refractivity contribution in [1.82, 2.24) is 18.3 Å². The molecule has 0 atom stereocenters. The van der Waals surface area contributed by atoms with Crippen LogP contribution < -0.4 is 5.32 Å². The minimum Gasteiger partial charge on any atom is -0.323 e. The van der Waals surface area contributed by atoms with Crippen LogP contribution in [0, 0.1) is 0 Å². The third-order valence-electron chi connectivity index (χ3n) is 3.69. The van der Waals surface area contributed by atoms with E-state index in [1.807, 2.05) is 48.0 Å². The van der Waals surface area contributed by atoms with E-state index in [-0.39, 0.29) is 11.7 Å². The van der Waals surface area contributed by atoms with Crippen LogP contribution in [0.4, 0.5) is 5.69 Å². The lowest BCUT2D eigenvalue weighted by Crippen LogP contribution is -2.14. The van der Waals surface area contributed by atoms with E-state index in [0.717, 1.165) is 33.4 Å². The molecule has 1 amide bonds. The lowest BCUT2D eigenvalue weighted by Gasteiger charge is -2.05. The number of imidazole rings is 1. The molecule has 0 bridgehead atoms. The normalized spacial score (nSPS) is 11.3. The SMILES string of the molecule is Cn1c(SCC(=O)Nc2cccc3nsnc23)nc2cc(Cl)ccc21. The fourth-order valence-corrected chi connectivity index (χ4v) is 4.01. The molecule has 25 heavy (non-hydrogen) atoms. The summed E-state index contributed by atoms with van der Waals surface area (Å²) in [5.41, 5.74) is 3.96. The van der Waals surface area contributed by atoms with Crippen LogP contribution in [0.3, 0.4) is 0 Å². The largest absolute Gasteiger partial charge is 0.323 e. The summed E-state index contributed by atoms with van der Waals surface area (Å²) in [5, 5.41) is 4.30. The van der Waals surface area contributed by atoms with Gasteiger partial charge in [-0.1, -0.05) is 29.4 Å². The Morgan fingerprint density at radius 3 is 3.04 bits per heavy atom. The molecule has 0 aliphatic carbocycles. The zero-order chi connectivity index (χ0) is 17.4. The van der Waals surface area contributed by atoms with Crippen molar-refractivity contribution >= 4 is 68.8 Å². The van der Waals surface area contributed by atoms with Gasteiger partial charge in [-0.05, 0) is 30.3 Å². The van der Waals surface area contributed by atoms with E-state index in [1.54, 1.807) is 0 Å². The summed E-state index contributed by atoms with van der Waals surface area (Å²) >= 11 is 8.51. The summed E-state index contributed by atoms with van der Waals surface area (Å²) in [5.74, 6) is 0.134. The Labute approximate surface area is 156 Å². The number of rotatable bonds is 4. The van der Waals surface area contributed by atoms with Crippen LogP contribution >= 0.6 is 35.1 Å². The van der Waals surface area contributed by atoms with E-state index in [0.29, 0.717) is 16.2 Å². The number of fused-ring (bicyclic) bond motifs is 2. The molecule has 9 heteroatoms. The van der Waals surface area contributed by atoms with E-state index >= 15 is 0 Å². The fourth-order valence-electron chi connectivity index (χ4n) is 2.50. The lowest BCUT2D eigenvalue weighted by molar-refractivity contribution is -0.113. The average Bonchev–Trinajstić information content (AvgIpc) is 3.18. The van der Waals surface area contributed by atoms with Gasteiger partial charge < -0.3 is 9.88 Å². The summed E-state index contributed by atoms with van der Waals surface area (Å²) < 4.78 is 10.3. The Morgan fingerprint density at radius 2 is 2.16 bits per heavy atom. The molecule has 2 heterocycles. The molecule has 0 saturated carbocycles. The first-order valence-electron chi connectivity index (χ1n) is 7.38. The van der Waals surface area contributed by atoms with E-state index in [2.05, 4.69) is 19.0 Å². The molecule has 0 saturated heterocycles. The molecule has 2 aromatic heterocycles. The fraction of sp³-hybridized carbons (Fsp3) is 0.125. The molecule has 126 valence electrons. The third kappa shape index (κ3) is 3.20. The van der Waals surface area contributed by atoms with Gasteiger partial charge >= 0.3 is 0 Å². The Bertz CT molecular complexity index is 1090. The standard InChI is InChI=1S/C16H12ClN5OS2/c1-22-13-6-5-9(17)7-12(13)19-16(22)24-8-14(23)18-10-3-2-4-11-15(10)21-25-20-11/h2-7H,8H2,1H3,(H,18,23). The lowest BCUT2D eigenvalue weighted by atomic mass is 10.2. The predicted octanol–water partition coefficient (Wildman–Crippen LogP) is 3.96. The third-order valence-corrected chi connectivity index (χ3v) is 5.50. The number of aryl methyl sites for hydroxylation is 1. The molecule has 2 aromatic carbocycles. The number of nitrogens with one attached hydrogen (secondary N) is 1. The van der Waals surface area contributed by atoms with Crippen molar-refractivity contribution in [3.8, 4) is 0 Å². The number of hydrogen-bond acceptors (Lipinski definition) is 6. The van der Waals surface area contributed by atoms with E-state index < -0.39 is 0 Å². The number of carbonyl (C=O) groups is 1. The van der Waals surface area contributed by atoms with Gasteiger partial charge in [-0.3, -0.25) is 4.79 Å². The van der Waals surface area contributed by atoms with Crippen molar-refractivity contribution in [1.29, 1.82) is 0 Å². The quantitative estimate of drug-likeness (QED) is 0.535. The molecule has 4 aromatic rings. The summed E-state index contributed by atoms with van der Waals surface area (Å²) in [6, 6.07) is 11.1. The Balaban J connectivity index is 1.49. The number of amides is 1. The second-order valence-corrected chi connectivity index (χ2v) is 7.27. The summed E-state index contributed by atoms with van der Waals surface area (Å²) in [4.78, 5) is 16.8. The number of carbonyl (C=O) groups excluding carboxylic acids is 1. The van der Waals surface area contributed by atoms with E-state index in [1.165, 1.54) is 11.8 Å². The molecule has 1 N–H and O–H groups in total. The number of thioether (sulfide) groups is 1. The van der Waals surface area contributed by atoms with Gasteiger partial charge in [-0.15, -0.1) is 0 Å². The van der Waals surface area contributed by atoms with Gasteiger partial charge in [0.1, 0.15) is 11.0 Å². The van der Waals surface area contributed by atoms with Gasteiger partial charge in [0.2, 0.25) is 5.91 Å². The predicted molar refractivity (Wildman–Crippen MR) is 102 cm³/mol. The molecular weight excluding hydrogens is 378 g/mol. The van der Waals surface area contributed by atoms with Gasteiger partial charge in [0, 0.05) is 12.1 Å². The monoisotopic (exact) mass is 389 g/mol. The molecule has 0 fully saturated rings. The van der Waals surface area contributed by atoms with Crippen molar-refractivity contribution < 1.29 is 4.79 Å². The number of aromatic nitrogens is 4. The summed E-state index contributed by atoms with van der Waals surface area (Å²) in [7, 11) is 1.92. The first-order valence-corrected chi connectivity index (χ1v) is 9.47. The highest BCUT2D eigenvalue weighted by Gasteiger charge is 2.13. The number of anilines is 1. The maximum absolute atomic E-state index is 12.3. The number of halogens is 1. The highest BCUT2D eigenvalue weighted by Crippen LogP contribution is 2.26. The first kappa shape index (κ1) is 16.3. The smallest absolute Gasteiger partial charge is 0.234 e. The van der Waals surface area contributed by atoms with Crippen LogP contribution in [0.5, 0.6) is 0 Å². The zero-order valence-corrected chi connectivity index (χ0v) is 15.5. The van der Waals surface area contributed by atoms with E-state index in [4.69, 9.17) is 11.6 Å². The van der Waals surface area contributed by atoms with Crippen LogP contribution in [0.2, 0.25) is 5.02 Å². The molecule has 6 nitrogen and oxygen atoms in total. The molecule has 0 aliphatic heterocycles. The maximum Gasteiger partial charge on any atom is 0.234 e. The highest BCUT2D eigenvalue weighted by atomic mass is 35.5. The van der Waals surface area contributed by atoms with Crippen LogP contribution in [0.25, 0.3) is 22.1 Å². The van der Waals surface area contributed by atoms with Crippen molar-refractivity contribution in [2.45, 2.75) is 5.16 Å². The number of benzene rings is 2. The molecule has 0 aliphatic rings. The van der Waals surface area contributed by atoms with Gasteiger partial charge in [0.15, 0.2) is 5.16 Å². The van der Waals surface area contributed by atoms with E-state index in [9.17, 15) is 4.79 Å². The summed E-state index contributed by atoms with van der Waals surface area (Å²) in [6.45, 7) is 0. The van der Waals surface area contributed by atoms with Crippen LogP contribution in [-0.2, 0) is 11.8 Å². The molecule has 0 radical (unpaired) electrons. The van der Waals surface area contributed by atoms with Crippen LogP contribution in [-0.4, -0.2) is 30.0 Å². The van der Waals surface area contributed by atoms with Crippen molar-refractivity contribution in [2.75, 3.05) is 11.1 Å². The van der Waals surface area contributed by atoms with Gasteiger partial charge in [0.05, 0.1) is 34.2 Å². The molecule has 0 unspecified atom stereocenters. The average molecular weight is 390 g/mol. The second-order valence-electron chi connectivity index (χ2n) is 5.36. The minimum absolute atomic E-state index is 0.115. The van der Waals surface area contributed by atoms with Crippen molar-refractivity contribution in [3.05, 3.63) is 41.4 Å². The second kappa shape index (κ2) is 6.62. The van der Waals surface area contributed by atoms with Crippen LogP contribution in [0.1, 0.15) is 0 Å².